The molecule has 1 rings (SSSR count). The fourth-order valence-electron chi connectivity index (χ4n) is 3.17. The van der Waals surface area contributed by atoms with Gasteiger partial charge in [0.1, 0.15) is 0 Å². The monoisotopic (exact) mass is 230 g/mol. The largest absolute Gasteiger partial charge is 0.345 e. The number of hydrogen-bond donors (Lipinski definition) is 0. The minimum absolute atomic E-state index is 0.141. The highest BCUT2D eigenvalue weighted by Gasteiger charge is 2.34. The SMILES string of the molecule is CC(F)OC1CCC(C(C)C)C(C(C)C)C1. The van der Waals surface area contributed by atoms with Crippen molar-refractivity contribution in [3.8, 4) is 0 Å². The average molecular weight is 230 g/mol. The zero-order valence-electron chi connectivity index (χ0n) is 11.4. The fourth-order valence-corrected chi connectivity index (χ4v) is 3.17. The van der Waals surface area contributed by atoms with Crippen LogP contribution in [0.1, 0.15) is 53.9 Å². The van der Waals surface area contributed by atoms with Gasteiger partial charge in [-0.15, -0.1) is 0 Å². The molecule has 16 heavy (non-hydrogen) atoms. The van der Waals surface area contributed by atoms with Crippen molar-refractivity contribution in [2.75, 3.05) is 0 Å². The van der Waals surface area contributed by atoms with Gasteiger partial charge in [0, 0.05) is 0 Å². The van der Waals surface area contributed by atoms with Crippen molar-refractivity contribution in [2.45, 2.75) is 66.3 Å². The molecule has 1 fully saturated rings. The molecule has 4 unspecified atom stereocenters. The highest BCUT2D eigenvalue weighted by atomic mass is 19.1. The van der Waals surface area contributed by atoms with Crippen LogP contribution in [0.15, 0.2) is 0 Å². The van der Waals surface area contributed by atoms with Crippen molar-refractivity contribution < 1.29 is 9.13 Å². The van der Waals surface area contributed by atoms with Gasteiger partial charge in [0.25, 0.3) is 0 Å². The predicted octanol–water partition coefficient (Wildman–Crippen LogP) is 4.42. The summed E-state index contributed by atoms with van der Waals surface area (Å²) >= 11 is 0. The molecule has 0 aromatic heterocycles. The molecular formula is C14H27FO. The molecule has 0 spiro atoms. The van der Waals surface area contributed by atoms with Crippen molar-refractivity contribution in [1.82, 2.24) is 0 Å². The lowest BCUT2D eigenvalue weighted by molar-refractivity contribution is -0.106. The van der Waals surface area contributed by atoms with Crippen LogP contribution in [0, 0.1) is 23.7 Å². The summed E-state index contributed by atoms with van der Waals surface area (Å²) in [5, 5.41) is 0. The molecule has 2 heteroatoms. The van der Waals surface area contributed by atoms with E-state index in [9.17, 15) is 4.39 Å². The average Bonchev–Trinajstić information content (AvgIpc) is 2.16. The summed E-state index contributed by atoms with van der Waals surface area (Å²) in [6.07, 6.45) is 2.28. The molecule has 1 saturated carbocycles. The molecule has 0 radical (unpaired) electrons. The summed E-state index contributed by atoms with van der Waals surface area (Å²) < 4.78 is 18.2. The Labute approximate surface area is 99.8 Å². The van der Waals surface area contributed by atoms with Gasteiger partial charge in [-0.05, 0) is 49.9 Å². The first kappa shape index (κ1) is 14.0. The first-order valence-corrected chi connectivity index (χ1v) is 6.71. The molecule has 1 aliphatic carbocycles. The van der Waals surface area contributed by atoms with Gasteiger partial charge in [-0.3, -0.25) is 0 Å². The lowest BCUT2D eigenvalue weighted by atomic mass is 9.68. The van der Waals surface area contributed by atoms with Crippen LogP contribution in [-0.2, 0) is 4.74 Å². The van der Waals surface area contributed by atoms with Crippen LogP contribution in [-0.4, -0.2) is 12.5 Å². The van der Waals surface area contributed by atoms with E-state index in [1.807, 2.05) is 0 Å². The van der Waals surface area contributed by atoms with Crippen LogP contribution in [0.4, 0.5) is 4.39 Å². The molecule has 0 aliphatic heterocycles. The third-order valence-electron chi connectivity index (χ3n) is 4.00. The molecule has 0 amide bonds. The Hall–Kier alpha value is -0.110. The molecule has 0 aromatic rings. The second-order valence-electron chi connectivity index (χ2n) is 5.93. The van der Waals surface area contributed by atoms with E-state index in [2.05, 4.69) is 27.7 Å². The summed E-state index contributed by atoms with van der Waals surface area (Å²) in [4.78, 5) is 0. The third-order valence-corrected chi connectivity index (χ3v) is 4.00. The number of halogens is 1. The van der Waals surface area contributed by atoms with E-state index < -0.39 is 6.36 Å². The summed E-state index contributed by atoms with van der Waals surface area (Å²) in [5.41, 5.74) is 0. The van der Waals surface area contributed by atoms with E-state index in [0.717, 1.165) is 24.7 Å². The molecule has 0 saturated heterocycles. The molecule has 1 nitrogen and oxygen atoms in total. The summed E-state index contributed by atoms with van der Waals surface area (Å²) in [6.45, 7) is 10.7. The Bertz CT molecular complexity index is 201. The van der Waals surface area contributed by atoms with E-state index in [1.54, 1.807) is 0 Å². The maximum atomic E-state index is 12.8. The third kappa shape index (κ3) is 3.73. The highest BCUT2D eigenvalue weighted by molar-refractivity contribution is 4.84. The second-order valence-corrected chi connectivity index (χ2v) is 5.93. The predicted molar refractivity (Wildman–Crippen MR) is 66.0 cm³/mol. The molecular weight excluding hydrogens is 203 g/mol. The maximum absolute atomic E-state index is 12.8. The Balaban J connectivity index is 2.58. The number of alkyl halides is 1. The van der Waals surface area contributed by atoms with Crippen molar-refractivity contribution >= 4 is 0 Å². The first-order chi connectivity index (χ1) is 7.41. The molecule has 0 bridgehead atoms. The Morgan fingerprint density at radius 2 is 1.50 bits per heavy atom. The molecule has 0 aromatic carbocycles. The van der Waals surface area contributed by atoms with E-state index in [-0.39, 0.29) is 6.10 Å². The fraction of sp³-hybridized carbons (Fsp3) is 1.00. The van der Waals surface area contributed by atoms with Crippen molar-refractivity contribution in [2.24, 2.45) is 23.7 Å². The minimum Gasteiger partial charge on any atom is -0.345 e. The van der Waals surface area contributed by atoms with Crippen LogP contribution in [0.5, 0.6) is 0 Å². The zero-order chi connectivity index (χ0) is 12.3. The van der Waals surface area contributed by atoms with Gasteiger partial charge in [-0.2, -0.15) is 0 Å². The van der Waals surface area contributed by atoms with Crippen molar-refractivity contribution in [3.05, 3.63) is 0 Å². The number of rotatable bonds is 4. The van der Waals surface area contributed by atoms with Gasteiger partial charge in [0.2, 0.25) is 0 Å². The van der Waals surface area contributed by atoms with E-state index >= 15 is 0 Å². The molecule has 0 N–H and O–H groups in total. The summed E-state index contributed by atoms with van der Waals surface area (Å²) in [5.74, 6) is 2.89. The topological polar surface area (TPSA) is 9.23 Å². The molecule has 4 atom stereocenters. The normalized spacial score (nSPS) is 33.4. The quantitative estimate of drug-likeness (QED) is 0.695. The van der Waals surface area contributed by atoms with Crippen LogP contribution in [0.2, 0.25) is 0 Å². The Morgan fingerprint density at radius 1 is 0.938 bits per heavy atom. The Kier molecular flexibility index (Phi) is 5.23. The smallest absolute Gasteiger partial charge is 0.196 e. The van der Waals surface area contributed by atoms with Crippen LogP contribution in [0.3, 0.4) is 0 Å². The second kappa shape index (κ2) is 6.00. The lowest BCUT2D eigenvalue weighted by Crippen LogP contribution is -2.35. The molecule has 96 valence electrons. The van der Waals surface area contributed by atoms with Crippen LogP contribution < -0.4 is 0 Å². The number of ether oxygens (including phenoxy) is 1. The van der Waals surface area contributed by atoms with Crippen molar-refractivity contribution in [1.29, 1.82) is 0 Å². The van der Waals surface area contributed by atoms with Crippen molar-refractivity contribution in [3.63, 3.8) is 0 Å². The van der Waals surface area contributed by atoms with Gasteiger partial charge in [0.15, 0.2) is 6.36 Å². The lowest BCUT2D eigenvalue weighted by Gasteiger charge is -2.40. The maximum Gasteiger partial charge on any atom is 0.196 e. The van der Waals surface area contributed by atoms with Crippen LogP contribution >= 0.6 is 0 Å². The van der Waals surface area contributed by atoms with Gasteiger partial charge in [0.05, 0.1) is 6.10 Å². The van der Waals surface area contributed by atoms with E-state index in [4.69, 9.17) is 4.74 Å². The highest BCUT2D eigenvalue weighted by Crippen LogP contribution is 2.40. The Morgan fingerprint density at radius 3 is 1.94 bits per heavy atom. The molecule has 0 heterocycles. The van der Waals surface area contributed by atoms with Gasteiger partial charge >= 0.3 is 0 Å². The van der Waals surface area contributed by atoms with Gasteiger partial charge in [-0.1, -0.05) is 27.7 Å². The van der Waals surface area contributed by atoms with Gasteiger partial charge < -0.3 is 4.74 Å². The van der Waals surface area contributed by atoms with Gasteiger partial charge in [-0.25, -0.2) is 4.39 Å². The molecule has 1 aliphatic rings. The summed E-state index contributed by atoms with van der Waals surface area (Å²) in [7, 11) is 0. The summed E-state index contributed by atoms with van der Waals surface area (Å²) in [6, 6.07) is 0. The first-order valence-electron chi connectivity index (χ1n) is 6.71. The standard InChI is InChI=1S/C14H27FO/c1-9(2)13-7-6-12(16-11(5)15)8-14(13)10(3)4/h9-14H,6-8H2,1-5H3. The van der Waals surface area contributed by atoms with E-state index in [0.29, 0.717) is 11.8 Å². The van der Waals surface area contributed by atoms with Crippen LogP contribution in [0.25, 0.3) is 0 Å². The van der Waals surface area contributed by atoms with E-state index in [1.165, 1.54) is 13.3 Å². The number of hydrogen-bond acceptors (Lipinski definition) is 1. The minimum atomic E-state index is -1.12. The zero-order valence-corrected chi connectivity index (χ0v) is 11.4.